The van der Waals surface area contributed by atoms with Crippen molar-refractivity contribution in [2.24, 2.45) is 0 Å². The number of nitrogens with zero attached hydrogens (tertiary/aromatic N) is 1. The molecular formula is C21H22N2O4. The van der Waals surface area contributed by atoms with Gasteiger partial charge in [0.1, 0.15) is 6.04 Å². The molecule has 3 rings (SSSR count). The Morgan fingerprint density at radius 2 is 1.74 bits per heavy atom. The summed E-state index contributed by atoms with van der Waals surface area (Å²) in [5.41, 5.74) is 2.18. The maximum absolute atomic E-state index is 12.4. The van der Waals surface area contributed by atoms with Crippen LogP contribution >= 0.6 is 0 Å². The second-order valence-corrected chi connectivity index (χ2v) is 6.67. The monoisotopic (exact) mass is 366 g/mol. The number of likely N-dealkylation sites (tertiary alicyclic amines) is 1. The molecular weight excluding hydrogens is 344 g/mol. The van der Waals surface area contributed by atoms with Crippen molar-refractivity contribution in [1.29, 1.82) is 0 Å². The average molecular weight is 366 g/mol. The summed E-state index contributed by atoms with van der Waals surface area (Å²) in [6.45, 7) is 1.30. The fourth-order valence-electron chi connectivity index (χ4n) is 3.14. The first-order valence-electron chi connectivity index (χ1n) is 8.97. The minimum atomic E-state index is -1.07. The second kappa shape index (κ2) is 8.49. The maximum atomic E-state index is 12.4. The summed E-state index contributed by atoms with van der Waals surface area (Å²) < 4.78 is 0. The first-order valence-corrected chi connectivity index (χ1v) is 8.97. The summed E-state index contributed by atoms with van der Waals surface area (Å²) in [6, 6.07) is 15.1. The van der Waals surface area contributed by atoms with E-state index in [-0.39, 0.29) is 12.3 Å². The summed E-state index contributed by atoms with van der Waals surface area (Å²) in [7, 11) is 0. The molecule has 1 aliphatic heterocycles. The van der Waals surface area contributed by atoms with Gasteiger partial charge in [0.15, 0.2) is 0 Å². The molecule has 6 nitrogen and oxygen atoms in total. The molecule has 2 aromatic rings. The molecule has 0 radical (unpaired) electrons. The molecule has 0 aromatic heterocycles. The molecule has 140 valence electrons. The molecule has 0 aliphatic carbocycles. The van der Waals surface area contributed by atoms with Gasteiger partial charge in [-0.25, -0.2) is 4.79 Å². The lowest BCUT2D eigenvalue weighted by Crippen LogP contribution is -2.42. The summed E-state index contributed by atoms with van der Waals surface area (Å²) in [4.78, 5) is 37.4. The van der Waals surface area contributed by atoms with Crippen LogP contribution in [0.4, 0.5) is 0 Å². The van der Waals surface area contributed by atoms with Gasteiger partial charge in [0.25, 0.3) is 5.91 Å². The van der Waals surface area contributed by atoms with E-state index in [4.69, 9.17) is 0 Å². The molecule has 27 heavy (non-hydrogen) atoms. The largest absolute Gasteiger partial charge is 0.480 e. The number of carboxylic acids is 1. The minimum absolute atomic E-state index is 0.155. The second-order valence-electron chi connectivity index (χ2n) is 6.67. The van der Waals surface area contributed by atoms with Crippen LogP contribution < -0.4 is 5.32 Å². The van der Waals surface area contributed by atoms with E-state index in [2.05, 4.69) is 5.32 Å². The highest BCUT2D eigenvalue weighted by Gasteiger charge is 2.22. The predicted octanol–water partition coefficient (Wildman–Crippen LogP) is 2.23. The molecule has 1 fully saturated rings. The fraction of sp³-hybridized carbons (Fsp3) is 0.286. The normalized spacial score (nSPS) is 14.8. The van der Waals surface area contributed by atoms with Crippen LogP contribution in [0.1, 0.15) is 34.3 Å². The van der Waals surface area contributed by atoms with Crippen LogP contribution in [0.25, 0.3) is 0 Å². The van der Waals surface area contributed by atoms with E-state index < -0.39 is 17.9 Å². The predicted molar refractivity (Wildman–Crippen MR) is 100 cm³/mol. The average Bonchev–Trinajstić information content (AvgIpc) is 3.07. The zero-order valence-electron chi connectivity index (χ0n) is 14.9. The van der Waals surface area contributed by atoms with Crippen molar-refractivity contribution in [3.05, 3.63) is 71.3 Å². The molecule has 2 N–H and O–H groups in total. The highest BCUT2D eigenvalue weighted by Crippen LogP contribution is 2.15. The van der Waals surface area contributed by atoms with Gasteiger partial charge in [-0.2, -0.15) is 0 Å². The lowest BCUT2D eigenvalue weighted by atomic mass is 10.1. The fourth-order valence-corrected chi connectivity index (χ4v) is 3.14. The van der Waals surface area contributed by atoms with Gasteiger partial charge in [0.2, 0.25) is 5.91 Å². The van der Waals surface area contributed by atoms with E-state index >= 15 is 0 Å². The number of carbonyl (C=O) groups excluding carboxylic acids is 2. The number of rotatable bonds is 7. The summed E-state index contributed by atoms with van der Waals surface area (Å²) in [5.74, 6) is -1.35. The van der Waals surface area contributed by atoms with Crippen LogP contribution in [0.15, 0.2) is 54.6 Å². The van der Waals surface area contributed by atoms with E-state index in [1.165, 1.54) is 0 Å². The number of carboxylic acid groups (broad SMARTS) is 1. The van der Waals surface area contributed by atoms with Crippen molar-refractivity contribution in [2.75, 3.05) is 6.54 Å². The van der Waals surface area contributed by atoms with Crippen LogP contribution in [0.2, 0.25) is 0 Å². The summed E-state index contributed by atoms with van der Waals surface area (Å²) in [6.07, 6.45) is 1.70. The summed E-state index contributed by atoms with van der Waals surface area (Å²) in [5, 5.41) is 12.0. The molecule has 0 bridgehead atoms. The van der Waals surface area contributed by atoms with E-state index in [9.17, 15) is 19.5 Å². The Kier molecular flexibility index (Phi) is 5.86. The van der Waals surface area contributed by atoms with E-state index in [0.717, 1.165) is 24.1 Å². The standard InChI is InChI=1S/C21H22N2O4/c24-19-7-4-12-23(19)14-16-8-10-17(11-9-16)20(25)22-18(21(26)27)13-15-5-2-1-3-6-15/h1-3,5-6,8-11,18H,4,7,12-14H2,(H,22,25)(H,26,27). The quantitative estimate of drug-likeness (QED) is 0.787. The van der Waals surface area contributed by atoms with E-state index in [1.54, 1.807) is 29.2 Å². The van der Waals surface area contributed by atoms with Gasteiger partial charge in [0.05, 0.1) is 0 Å². The molecule has 2 aromatic carbocycles. The van der Waals surface area contributed by atoms with Gasteiger partial charge in [-0.05, 0) is 29.7 Å². The lowest BCUT2D eigenvalue weighted by Gasteiger charge is -2.16. The van der Waals surface area contributed by atoms with Crippen LogP contribution in [-0.4, -0.2) is 40.4 Å². The van der Waals surface area contributed by atoms with Crippen LogP contribution in [0.3, 0.4) is 0 Å². The topological polar surface area (TPSA) is 86.7 Å². The van der Waals surface area contributed by atoms with Crippen LogP contribution in [0, 0.1) is 0 Å². The molecule has 1 saturated heterocycles. The van der Waals surface area contributed by atoms with Gasteiger partial charge in [-0.3, -0.25) is 9.59 Å². The third-order valence-electron chi connectivity index (χ3n) is 4.65. The molecule has 1 unspecified atom stereocenters. The van der Waals surface area contributed by atoms with E-state index in [0.29, 0.717) is 18.5 Å². The van der Waals surface area contributed by atoms with Crippen LogP contribution in [0.5, 0.6) is 0 Å². The summed E-state index contributed by atoms with van der Waals surface area (Å²) >= 11 is 0. The van der Waals surface area contributed by atoms with Crippen molar-refractivity contribution in [3.63, 3.8) is 0 Å². The number of amides is 2. The Labute approximate surface area is 157 Å². The Morgan fingerprint density at radius 1 is 1.04 bits per heavy atom. The first kappa shape index (κ1) is 18.6. The molecule has 6 heteroatoms. The molecule has 1 atom stereocenters. The molecule has 0 spiro atoms. The van der Waals surface area contributed by atoms with E-state index in [1.807, 2.05) is 30.3 Å². The number of hydrogen-bond acceptors (Lipinski definition) is 3. The Morgan fingerprint density at radius 3 is 2.33 bits per heavy atom. The Balaban J connectivity index is 1.62. The highest BCUT2D eigenvalue weighted by molar-refractivity contribution is 5.96. The molecule has 1 heterocycles. The van der Waals surface area contributed by atoms with Gasteiger partial charge >= 0.3 is 5.97 Å². The zero-order valence-corrected chi connectivity index (χ0v) is 14.9. The van der Waals surface area contributed by atoms with Gasteiger partial charge in [-0.15, -0.1) is 0 Å². The Hall–Kier alpha value is -3.15. The minimum Gasteiger partial charge on any atom is -0.480 e. The van der Waals surface area contributed by atoms with Gasteiger partial charge in [0, 0.05) is 31.5 Å². The van der Waals surface area contributed by atoms with Crippen molar-refractivity contribution in [3.8, 4) is 0 Å². The SMILES string of the molecule is O=C(NC(Cc1ccccc1)C(=O)O)c1ccc(CN2CCCC2=O)cc1. The Bertz CT molecular complexity index is 818. The van der Waals surface area contributed by atoms with Crippen molar-refractivity contribution in [2.45, 2.75) is 31.8 Å². The number of nitrogens with one attached hydrogen (secondary N) is 1. The van der Waals surface area contributed by atoms with Crippen molar-refractivity contribution >= 4 is 17.8 Å². The third kappa shape index (κ3) is 4.94. The lowest BCUT2D eigenvalue weighted by molar-refractivity contribution is -0.139. The highest BCUT2D eigenvalue weighted by atomic mass is 16.4. The zero-order chi connectivity index (χ0) is 19.2. The van der Waals surface area contributed by atoms with Gasteiger partial charge < -0.3 is 15.3 Å². The molecule has 1 aliphatic rings. The van der Waals surface area contributed by atoms with Crippen LogP contribution in [-0.2, 0) is 22.6 Å². The molecule has 2 amide bonds. The maximum Gasteiger partial charge on any atom is 0.326 e. The smallest absolute Gasteiger partial charge is 0.326 e. The number of benzene rings is 2. The third-order valence-corrected chi connectivity index (χ3v) is 4.65. The van der Waals surface area contributed by atoms with Crippen molar-refractivity contribution < 1.29 is 19.5 Å². The molecule has 0 saturated carbocycles. The van der Waals surface area contributed by atoms with Crippen molar-refractivity contribution in [1.82, 2.24) is 10.2 Å². The first-order chi connectivity index (χ1) is 13.0. The number of aliphatic carboxylic acids is 1. The number of carbonyl (C=O) groups is 3. The van der Waals surface area contributed by atoms with Gasteiger partial charge in [-0.1, -0.05) is 42.5 Å². The number of hydrogen-bond donors (Lipinski definition) is 2.